The Bertz CT molecular complexity index is 1100. The van der Waals surface area contributed by atoms with Crippen molar-refractivity contribution in [2.45, 2.75) is 13.3 Å². The first-order chi connectivity index (χ1) is 13.6. The van der Waals surface area contributed by atoms with Crippen LogP contribution in [0.5, 0.6) is 0 Å². The molecule has 1 N–H and O–H groups in total. The summed E-state index contributed by atoms with van der Waals surface area (Å²) in [5, 5.41) is 11.1. The molecule has 2 aromatic heterocycles. The molecule has 0 aliphatic heterocycles. The molecule has 8 heteroatoms. The zero-order valence-corrected chi connectivity index (χ0v) is 15.6. The topological polar surface area (TPSA) is 94.1 Å². The number of anilines is 1. The second-order valence-electron chi connectivity index (χ2n) is 6.15. The van der Waals surface area contributed by atoms with Gasteiger partial charge in [-0.3, -0.25) is 4.79 Å². The van der Waals surface area contributed by atoms with Gasteiger partial charge in [0.05, 0.1) is 12.1 Å². The third kappa shape index (κ3) is 3.94. The number of aryl methyl sites for hydroxylation is 1. The number of carbonyl (C=O) groups excluding carboxylic acids is 1. The Kier molecular flexibility index (Phi) is 4.90. The standard InChI is InChI=1S/C20H15ClN4O3/c1-12-2-3-14(20-25-22-11-28-20)8-17(12)24-18(26)9-16-10-27-19(23-16)13-4-6-15(21)7-5-13/h2-8,10-11H,9H2,1H3,(H,24,26). The monoisotopic (exact) mass is 394 g/mol. The SMILES string of the molecule is Cc1ccc(-c2nnco2)cc1NC(=O)Cc1coc(-c2ccc(Cl)cc2)n1. The van der Waals surface area contributed by atoms with Gasteiger partial charge in [0.2, 0.25) is 24.1 Å². The van der Waals surface area contributed by atoms with Crippen LogP contribution in [-0.4, -0.2) is 21.1 Å². The second-order valence-corrected chi connectivity index (χ2v) is 6.59. The first kappa shape index (κ1) is 17.9. The zero-order valence-electron chi connectivity index (χ0n) is 14.8. The summed E-state index contributed by atoms with van der Waals surface area (Å²) < 4.78 is 10.7. The minimum absolute atomic E-state index is 0.0846. The third-order valence-corrected chi connectivity index (χ3v) is 4.36. The van der Waals surface area contributed by atoms with Crippen LogP contribution in [0.1, 0.15) is 11.3 Å². The Morgan fingerprint density at radius 3 is 2.61 bits per heavy atom. The van der Waals surface area contributed by atoms with E-state index >= 15 is 0 Å². The number of amides is 1. The molecule has 4 rings (SSSR count). The lowest BCUT2D eigenvalue weighted by Crippen LogP contribution is -2.15. The van der Waals surface area contributed by atoms with Gasteiger partial charge in [-0.15, -0.1) is 10.2 Å². The molecular formula is C20H15ClN4O3. The fraction of sp³-hybridized carbons (Fsp3) is 0.100. The first-order valence-electron chi connectivity index (χ1n) is 8.46. The van der Waals surface area contributed by atoms with Crippen molar-refractivity contribution in [1.29, 1.82) is 0 Å². The number of aromatic nitrogens is 3. The molecule has 0 radical (unpaired) electrons. The van der Waals surface area contributed by atoms with Gasteiger partial charge in [-0.1, -0.05) is 17.7 Å². The average Bonchev–Trinajstić information content (AvgIpc) is 3.36. The molecule has 0 bridgehead atoms. The molecule has 2 aromatic carbocycles. The molecule has 2 heterocycles. The number of halogens is 1. The molecule has 0 saturated carbocycles. The lowest BCUT2D eigenvalue weighted by atomic mass is 10.1. The van der Waals surface area contributed by atoms with E-state index in [9.17, 15) is 4.79 Å². The van der Waals surface area contributed by atoms with Crippen molar-refractivity contribution < 1.29 is 13.6 Å². The van der Waals surface area contributed by atoms with Gasteiger partial charge in [-0.05, 0) is 48.9 Å². The summed E-state index contributed by atoms with van der Waals surface area (Å²) in [7, 11) is 0. The van der Waals surface area contributed by atoms with E-state index in [4.69, 9.17) is 20.4 Å². The van der Waals surface area contributed by atoms with E-state index < -0.39 is 0 Å². The summed E-state index contributed by atoms with van der Waals surface area (Å²) in [6.45, 7) is 1.90. The van der Waals surface area contributed by atoms with Crippen LogP contribution in [0.2, 0.25) is 5.02 Å². The number of rotatable bonds is 5. The maximum absolute atomic E-state index is 12.5. The maximum atomic E-state index is 12.5. The van der Waals surface area contributed by atoms with E-state index in [1.807, 2.05) is 31.2 Å². The van der Waals surface area contributed by atoms with E-state index in [0.29, 0.717) is 28.2 Å². The van der Waals surface area contributed by atoms with Gasteiger partial charge in [0, 0.05) is 21.8 Å². The lowest BCUT2D eigenvalue weighted by molar-refractivity contribution is -0.115. The van der Waals surface area contributed by atoms with Gasteiger partial charge in [0.15, 0.2) is 0 Å². The van der Waals surface area contributed by atoms with E-state index in [2.05, 4.69) is 20.5 Å². The van der Waals surface area contributed by atoms with Crippen LogP contribution < -0.4 is 5.32 Å². The van der Waals surface area contributed by atoms with E-state index in [1.165, 1.54) is 12.7 Å². The van der Waals surface area contributed by atoms with Gasteiger partial charge < -0.3 is 14.2 Å². The first-order valence-corrected chi connectivity index (χ1v) is 8.83. The predicted octanol–water partition coefficient (Wildman–Crippen LogP) is 4.53. The van der Waals surface area contributed by atoms with Crippen LogP contribution in [0.4, 0.5) is 5.69 Å². The Morgan fingerprint density at radius 2 is 1.86 bits per heavy atom. The number of carbonyl (C=O) groups is 1. The Morgan fingerprint density at radius 1 is 1.07 bits per heavy atom. The third-order valence-electron chi connectivity index (χ3n) is 4.10. The quantitative estimate of drug-likeness (QED) is 0.534. The molecule has 28 heavy (non-hydrogen) atoms. The van der Waals surface area contributed by atoms with Crippen LogP contribution in [0.3, 0.4) is 0 Å². The smallest absolute Gasteiger partial charge is 0.247 e. The van der Waals surface area contributed by atoms with Crippen molar-refractivity contribution in [3.8, 4) is 22.9 Å². The molecular weight excluding hydrogens is 380 g/mol. The number of nitrogens with one attached hydrogen (secondary N) is 1. The second kappa shape index (κ2) is 7.66. The lowest BCUT2D eigenvalue weighted by Gasteiger charge is -2.08. The number of hydrogen-bond donors (Lipinski definition) is 1. The molecule has 0 fully saturated rings. The van der Waals surface area contributed by atoms with E-state index in [0.717, 1.165) is 16.7 Å². The number of hydrogen-bond acceptors (Lipinski definition) is 6. The van der Waals surface area contributed by atoms with Crippen molar-refractivity contribution in [1.82, 2.24) is 15.2 Å². The van der Waals surface area contributed by atoms with Crippen molar-refractivity contribution in [3.63, 3.8) is 0 Å². The van der Waals surface area contributed by atoms with Gasteiger partial charge in [0.25, 0.3) is 0 Å². The van der Waals surface area contributed by atoms with Crippen LogP contribution in [0.25, 0.3) is 22.9 Å². The summed E-state index contributed by atoms with van der Waals surface area (Å²) in [4.78, 5) is 16.8. The Hall–Kier alpha value is -3.45. The highest BCUT2D eigenvalue weighted by Gasteiger charge is 2.13. The van der Waals surface area contributed by atoms with E-state index in [1.54, 1.807) is 18.2 Å². The minimum atomic E-state index is -0.207. The van der Waals surface area contributed by atoms with Crippen LogP contribution in [-0.2, 0) is 11.2 Å². The zero-order chi connectivity index (χ0) is 19.5. The summed E-state index contributed by atoms with van der Waals surface area (Å²) in [5.41, 5.74) is 3.64. The minimum Gasteiger partial charge on any atom is -0.444 e. The maximum Gasteiger partial charge on any atom is 0.247 e. The van der Waals surface area contributed by atoms with Crippen LogP contribution in [0.15, 0.2) is 64.0 Å². The molecule has 0 aliphatic carbocycles. The highest BCUT2D eigenvalue weighted by Crippen LogP contribution is 2.24. The normalized spacial score (nSPS) is 10.8. The van der Waals surface area contributed by atoms with Crippen molar-refractivity contribution >= 4 is 23.2 Å². The highest BCUT2D eigenvalue weighted by atomic mass is 35.5. The molecule has 7 nitrogen and oxygen atoms in total. The molecule has 0 unspecified atom stereocenters. The molecule has 140 valence electrons. The fourth-order valence-electron chi connectivity index (χ4n) is 2.66. The molecule has 0 saturated heterocycles. The van der Waals surface area contributed by atoms with Gasteiger partial charge in [-0.25, -0.2) is 4.98 Å². The van der Waals surface area contributed by atoms with Crippen LogP contribution in [0, 0.1) is 6.92 Å². The number of oxazole rings is 1. The van der Waals surface area contributed by atoms with Gasteiger partial charge >= 0.3 is 0 Å². The molecule has 0 atom stereocenters. The summed E-state index contributed by atoms with van der Waals surface area (Å²) in [6, 6.07) is 12.7. The van der Waals surface area contributed by atoms with Gasteiger partial charge in [-0.2, -0.15) is 0 Å². The van der Waals surface area contributed by atoms with Crippen molar-refractivity contribution in [2.75, 3.05) is 5.32 Å². The molecule has 1 amide bonds. The molecule has 0 aliphatic rings. The summed E-state index contributed by atoms with van der Waals surface area (Å²) >= 11 is 5.89. The van der Waals surface area contributed by atoms with Crippen molar-refractivity contribution in [2.24, 2.45) is 0 Å². The summed E-state index contributed by atoms with van der Waals surface area (Å²) in [6.07, 6.45) is 2.82. The fourth-order valence-corrected chi connectivity index (χ4v) is 2.79. The van der Waals surface area contributed by atoms with Crippen molar-refractivity contribution in [3.05, 3.63) is 71.4 Å². The Labute approximate surface area is 165 Å². The van der Waals surface area contributed by atoms with Gasteiger partial charge in [0.1, 0.15) is 6.26 Å². The van der Waals surface area contributed by atoms with E-state index in [-0.39, 0.29) is 12.3 Å². The molecule has 4 aromatic rings. The number of nitrogens with zero attached hydrogens (tertiary/aromatic N) is 3. The predicted molar refractivity (Wildman–Crippen MR) is 104 cm³/mol. The number of benzene rings is 2. The molecule has 0 spiro atoms. The Balaban J connectivity index is 1.46. The summed E-state index contributed by atoms with van der Waals surface area (Å²) in [5.74, 6) is 0.621. The highest BCUT2D eigenvalue weighted by molar-refractivity contribution is 6.30. The largest absolute Gasteiger partial charge is 0.444 e. The van der Waals surface area contributed by atoms with Crippen LogP contribution >= 0.6 is 11.6 Å². The average molecular weight is 395 g/mol.